The molecule has 0 fully saturated rings. The van der Waals surface area contributed by atoms with Crippen molar-refractivity contribution in [1.29, 1.82) is 0 Å². The molecule has 0 aliphatic carbocycles. The van der Waals surface area contributed by atoms with Gasteiger partial charge in [-0.1, -0.05) is 42.5 Å². The van der Waals surface area contributed by atoms with E-state index in [1.807, 2.05) is 30.3 Å². The quantitative estimate of drug-likeness (QED) is 0.394. The van der Waals surface area contributed by atoms with E-state index < -0.39 is 17.4 Å². The Morgan fingerprint density at radius 3 is 2.41 bits per heavy atom. The largest absolute Gasteiger partial charge is 0.489 e. The van der Waals surface area contributed by atoms with Gasteiger partial charge in [-0.25, -0.2) is 4.79 Å². The van der Waals surface area contributed by atoms with Crippen LogP contribution in [0.3, 0.4) is 0 Å². The van der Waals surface area contributed by atoms with E-state index in [0.29, 0.717) is 16.9 Å². The summed E-state index contributed by atoms with van der Waals surface area (Å²) in [6.45, 7) is -0.0436. The van der Waals surface area contributed by atoms with Gasteiger partial charge in [-0.05, 0) is 41.0 Å². The Kier molecular flexibility index (Phi) is 4.84. The molecule has 6 heteroatoms. The summed E-state index contributed by atoms with van der Waals surface area (Å²) in [7, 11) is 0. The van der Waals surface area contributed by atoms with Crippen LogP contribution in [0.5, 0.6) is 5.75 Å². The third-order valence-electron chi connectivity index (χ3n) is 4.46. The Morgan fingerprint density at radius 2 is 1.66 bits per heavy atom. The van der Waals surface area contributed by atoms with E-state index >= 15 is 0 Å². The second kappa shape index (κ2) is 7.47. The fraction of sp³-hybridized carbons (Fsp3) is 0.0870. The molecular formula is C23H15F3O3. The monoisotopic (exact) mass is 396 g/mol. The van der Waals surface area contributed by atoms with Crippen LogP contribution in [-0.2, 0) is 12.8 Å². The lowest BCUT2D eigenvalue weighted by molar-refractivity contribution is -0.137. The van der Waals surface area contributed by atoms with Crippen molar-refractivity contribution >= 4 is 11.0 Å². The van der Waals surface area contributed by atoms with E-state index in [4.69, 9.17) is 9.15 Å². The van der Waals surface area contributed by atoms with Gasteiger partial charge in [0.15, 0.2) is 0 Å². The molecule has 1 heterocycles. The third kappa shape index (κ3) is 4.16. The van der Waals surface area contributed by atoms with E-state index in [2.05, 4.69) is 0 Å². The molecular weight excluding hydrogens is 381 g/mol. The number of hydrogen-bond donors (Lipinski definition) is 0. The summed E-state index contributed by atoms with van der Waals surface area (Å²) in [5, 5.41) is 0.738. The summed E-state index contributed by atoms with van der Waals surface area (Å²) in [4.78, 5) is 12.0. The minimum atomic E-state index is -4.41. The summed E-state index contributed by atoms with van der Waals surface area (Å²) < 4.78 is 49.4. The SMILES string of the molecule is O=c1cc(-c2ccccc2)c2ccc(OCc3cccc(C(F)(F)F)c3)cc2o1. The van der Waals surface area contributed by atoms with Crippen molar-refractivity contribution < 1.29 is 22.3 Å². The molecule has 0 spiro atoms. The first-order valence-electron chi connectivity index (χ1n) is 8.82. The molecule has 4 rings (SSSR count). The van der Waals surface area contributed by atoms with Crippen molar-refractivity contribution in [3.8, 4) is 16.9 Å². The van der Waals surface area contributed by atoms with E-state index in [1.165, 1.54) is 12.1 Å². The maximum Gasteiger partial charge on any atom is 0.416 e. The Morgan fingerprint density at radius 1 is 0.862 bits per heavy atom. The zero-order valence-corrected chi connectivity index (χ0v) is 15.1. The van der Waals surface area contributed by atoms with Gasteiger partial charge in [0.25, 0.3) is 0 Å². The van der Waals surface area contributed by atoms with Crippen molar-refractivity contribution in [1.82, 2.24) is 0 Å². The lowest BCUT2D eigenvalue weighted by atomic mass is 10.0. The molecule has 29 heavy (non-hydrogen) atoms. The summed E-state index contributed by atoms with van der Waals surface area (Å²) in [6.07, 6.45) is -4.41. The molecule has 0 unspecified atom stereocenters. The normalized spacial score (nSPS) is 11.6. The van der Waals surface area contributed by atoms with Gasteiger partial charge in [0.2, 0.25) is 0 Å². The molecule has 0 N–H and O–H groups in total. The van der Waals surface area contributed by atoms with Gasteiger partial charge in [-0.15, -0.1) is 0 Å². The standard InChI is InChI=1S/C23H15F3O3/c24-23(25,26)17-8-4-5-15(11-17)14-28-18-9-10-19-20(16-6-2-1-3-7-16)13-22(27)29-21(19)12-18/h1-13H,14H2. The molecule has 0 aliphatic rings. The maximum atomic E-state index is 12.8. The van der Waals surface area contributed by atoms with Crippen molar-refractivity contribution in [3.63, 3.8) is 0 Å². The van der Waals surface area contributed by atoms with Crippen LogP contribution < -0.4 is 10.4 Å². The minimum Gasteiger partial charge on any atom is -0.489 e. The number of alkyl halides is 3. The molecule has 3 nitrogen and oxygen atoms in total. The summed E-state index contributed by atoms with van der Waals surface area (Å²) in [6, 6.07) is 20.9. The fourth-order valence-corrected chi connectivity index (χ4v) is 3.09. The summed E-state index contributed by atoms with van der Waals surface area (Å²) in [5.41, 5.74) is 1.13. The Labute approximate surface area is 164 Å². The van der Waals surface area contributed by atoms with Crippen LogP contribution in [0.1, 0.15) is 11.1 Å². The van der Waals surface area contributed by atoms with E-state index in [1.54, 1.807) is 24.3 Å². The van der Waals surface area contributed by atoms with E-state index in [9.17, 15) is 18.0 Å². The highest BCUT2D eigenvalue weighted by Gasteiger charge is 2.30. The van der Waals surface area contributed by atoms with Gasteiger partial charge in [0.05, 0.1) is 5.56 Å². The molecule has 0 saturated carbocycles. The van der Waals surface area contributed by atoms with Crippen LogP contribution in [0.4, 0.5) is 13.2 Å². The average Bonchev–Trinajstić information content (AvgIpc) is 2.71. The molecule has 0 bridgehead atoms. The predicted molar refractivity (Wildman–Crippen MR) is 104 cm³/mol. The Bertz CT molecular complexity index is 1210. The van der Waals surface area contributed by atoms with Crippen LogP contribution in [0, 0.1) is 0 Å². The molecule has 146 valence electrons. The number of halogens is 3. The summed E-state index contributed by atoms with van der Waals surface area (Å²) >= 11 is 0. The van der Waals surface area contributed by atoms with Gasteiger partial charge in [-0.3, -0.25) is 0 Å². The zero-order valence-electron chi connectivity index (χ0n) is 15.1. The summed E-state index contributed by atoms with van der Waals surface area (Å²) in [5.74, 6) is 0.392. The van der Waals surface area contributed by atoms with Crippen LogP contribution in [0.2, 0.25) is 0 Å². The molecule has 0 atom stereocenters. The lowest BCUT2D eigenvalue weighted by Crippen LogP contribution is -2.06. The predicted octanol–water partition coefficient (Wildman–Crippen LogP) is 6.06. The highest BCUT2D eigenvalue weighted by molar-refractivity contribution is 5.93. The van der Waals surface area contributed by atoms with Gasteiger partial charge < -0.3 is 9.15 Å². The molecule has 0 saturated heterocycles. The fourth-order valence-electron chi connectivity index (χ4n) is 3.09. The Balaban J connectivity index is 1.63. The first-order valence-corrected chi connectivity index (χ1v) is 8.82. The van der Waals surface area contributed by atoms with Gasteiger partial charge in [0.1, 0.15) is 17.9 Å². The van der Waals surface area contributed by atoms with E-state index in [0.717, 1.165) is 28.6 Å². The topological polar surface area (TPSA) is 39.4 Å². The van der Waals surface area contributed by atoms with Crippen molar-refractivity contribution in [2.45, 2.75) is 12.8 Å². The van der Waals surface area contributed by atoms with Crippen LogP contribution >= 0.6 is 0 Å². The molecule has 4 aromatic rings. The van der Waals surface area contributed by atoms with Gasteiger partial charge >= 0.3 is 11.8 Å². The van der Waals surface area contributed by atoms with Crippen molar-refractivity contribution in [3.05, 3.63) is 100 Å². The highest BCUT2D eigenvalue weighted by atomic mass is 19.4. The number of hydrogen-bond acceptors (Lipinski definition) is 3. The molecule has 3 aromatic carbocycles. The van der Waals surface area contributed by atoms with E-state index in [-0.39, 0.29) is 6.61 Å². The Hall–Kier alpha value is -3.54. The third-order valence-corrected chi connectivity index (χ3v) is 4.46. The van der Waals surface area contributed by atoms with Gasteiger partial charge in [0, 0.05) is 17.5 Å². The number of rotatable bonds is 4. The second-order valence-corrected chi connectivity index (χ2v) is 6.49. The van der Waals surface area contributed by atoms with Crippen LogP contribution in [-0.4, -0.2) is 0 Å². The number of fused-ring (bicyclic) bond motifs is 1. The number of ether oxygens (including phenoxy) is 1. The zero-order chi connectivity index (χ0) is 20.4. The second-order valence-electron chi connectivity index (χ2n) is 6.49. The smallest absolute Gasteiger partial charge is 0.416 e. The first kappa shape index (κ1) is 18.8. The average molecular weight is 396 g/mol. The molecule has 1 aromatic heterocycles. The van der Waals surface area contributed by atoms with Crippen molar-refractivity contribution in [2.24, 2.45) is 0 Å². The first-order chi connectivity index (χ1) is 13.9. The molecule has 0 amide bonds. The molecule has 0 aliphatic heterocycles. The minimum absolute atomic E-state index is 0.0436. The number of benzene rings is 3. The molecule has 0 radical (unpaired) electrons. The van der Waals surface area contributed by atoms with Gasteiger partial charge in [-0.2, -0.15) is 13.2 Å². The van der Waals surface area contributed by atoms with Crippen LogP contribution in [0.15, 0.2) is 88.1 Å². The van der Waals surface area contributed by atoms with Crippen LogP contribution in [0.25, 0.3) is 22.1 Å². The lowest BCUT2D eigenvalue weighted by Gasteiger charge is -2.11. The van der Waals surface area contributed by atoms with Crippen molar-refractivity contribution in [2.75, 3.05) is 0 Å². The maximum absolute atomic E-state index is 12.8. The highest BCUT2D eigenvalue weighted by Crippen LogP contribution is 2.31.